The standard InChI is InChI=1S/C12H13NS/c1-9-7-8-11(14-9)12(13)10-5-3-2-4-6-10/h2-8,12H,13H2,1H3. The molecule has 0 saturated heterocycles. The normalized spacial score (nSPS) is 12.7. The molecular formula is C12H13NS. The van der Waals surface area contributed by atoms with Crippen molar-refractivity contribution in [1.82, 2.24) is 0 Å². The second kappa shape index (κ2) is 3.95. The number of thiophene rings is 1. The van der Waals surface area contributed by atoms with Crippen molar-refractivity contribution >= 4 is 11.3 Å². The molecule has 0 amide bonds. The lowest BCUT2D eigenvalue weighted by molar-refractivity contribution is 0.893. The maximum absolute atomic E-state index is 6.14. The number of rotatable bonds is 2. The Morgan fingerprint density at radius 1 is 1.07 bits per heavy atom. The molecule has 0 spiro atoms. The molecule has 1 unspecified atom stereocenters. The van der Waals surface area contributed by atoms with Gasteiger partial charge in [-0.2, -0.15) is 0 Å². The summed E-state index contributed by atoms with van der Waals surface area (Å²) in [5.74, 6) is 0. The zero-order valence-electron chi connectivity index (χ0n) is 8.10. The molecule has 0 bridgehead atoms. The van der Waals surface area contributed by atoms with E-state index in [-0.39, 0.29) is 6.04 Å². The summed E-state index contributed by atoms with van der Waals surface area (Å²) in [5, 5.41) is 0. The summed E-state index contributed by atoms with van der Waals surface area (Å²) >= 11 is 1.77. The Morgan fingerprint density at radius 2 is 1.79 bits per heavy atom. The van der Waals surface area contributed by atoms with Crippen LogP contribution >= 0.6 is 11.3 Å². The zero-order valence-corrected chi connectivity index (χ0v) is 8.92. The van der Waals surface area contributed by atoms with Crippen LogP contribution in [0.3, 0.4) is 0 Å². The molecule has 0 aliphatic rings. The highest BCUT2D eigenvalue weighted by Gasteiger charge is 2.09. The van der Waals surface area contributed by atoms with E-state index < -0.39 is 0 Å². The summed E-state index contributed by atoms with van der Waals surface area (Å²) in [7, 11) is 0. The third-order valence-electron chi connectivity index (χ3n) is 2.23. The predicted octanol–water partition coefficient (Wildman–Crippen LogP) is 3.10. The van der Waals surface area contributed by atoms with E-state index in [0.29, 0.717) is 0 Å². The molecule has 1 nitrogen and oxygen atoms in total. The first-order valence-electron chi connectivity index (χ1n) is 4.64. The Morgan fingerprint density at radius 3 is 2.36 bits per heavy atom. The molecule has 1 atom stereocenters. The van der Waals surface area contributed by atoms with E-state index in [4.69, 9.17) is 5.73 Å². The minimum atomic E-state index is 0.0231. The van der Waals surface area contributed by atoms with Crippen LogP contribution in [0.25, 0.3) is 0 Å². The van der Waals surface area contributed by atoms with Crippen LogP contribution in [0.1, 0.15) is 21.4 Å². The zero-order chi connectivity index (χ0) is 9.97. The van der Waals surface area contributed by atoms with E-state index in [1.54, 1.807) is 11.3 Å². The van der Waals surface area contributed by atoms with Gasteiger partial charge >= 0.3 is 0 Å². The van der Waals surface area contributed by atoms with Gasteiger partial charge in [-0.05, 0) is 24.6 Å². The van der Waals surface area contributed by atoms with Gasteiger partial charge in [0.25, 0.3) is 0 Å². The molecule has 0 aliphatic carbocycles. The lowest BCUT2D eigenvalue weighted by Crippen LogP contribution is -2.09. The molecule has 2 heteroatoms. The van der Waals surface area contributed by atoms with E-state index in [1.807, 2.05) is 18.2 Å². The van der Waals surface area contributed by atoms with Crippen molar-refractivity contribution in [2.24, 2.45) is 5.73 Å². The highest BCUT2D eigenvalue weighted by molar-refractivity contribution is 7.12. The third kappa shape index (κ3) is 1.86. The molecule has 0 saturated carbocycles. The van der Waals surface area contributed by atoms with Crippen LogP contribution < -0.4 is 5.73 Å². The van der Waals surface area contributed by atoms with E-state index in [0.717, 1.165) is 0 Å². The van der Waals surface area contributed by atoms with E-state index in [9.17, 15) is 0 Å². The summed E-state index contributed by atoms with van der Waals surface area (Å²) < 4.78 is 0. The maximum Gasteiger partial charge on any atom is 0.0646 e. The summed E-state index contributed by atoms with van der Waals surface area (Å²) in [5.41, 5.74) is 7.32. The van der Waals surface area contributed by atoms with Gasteiger partial charge in [-0.15, -0.1) is 11.3 Å². The fourth-order valence-electron chi connectivity index (χ4n) is 1.45. The Balaban J connectivity index is 2.29. The molecular weight excluding hydrogens is 190 g/mol. The van der Waals surface area contributed by atoms with Crippen molar-refractivity contribution in [3.63, 3.8) is 0 Å². The summed E-state index contributed by atoms with van der Waals surface area (Å²) in [6.07, 6.45) is 0. The van der Waals surface area contributed by atoms with Crippen molar-refractivity contribution in [2.75, 3.05) is 0 Å². The van der Waals surface area contributed by atoms with E-state index in [2.05, 4.69) is 31.2 Å². The van der Waals surface area contributed by atoms with Crippen LogP contribution in [0.15, 0.2) is 42.5 Å². The Labute approximate surface area is 88.2 Å². The number of hydrogen-bond donors (Lipinski definition) is 1. The third-order valence-corrected chi connectivity index (χ3v) is 3.31. The second-order valence-electron chi connectivity index (χ2n) is 3.34. The lowest BCUT2D eigenvalue weighted by Gasteiger charge is -2.08. The average molecular weight is 203 g/mol. The van der Waals surface area contributed by atoms with Crippen LogP contribution in [0.2, 0.25) is 0 Å². The molecule has 1 aromatic heterocycles. The molecule has 2 aromatic rings. The molecule has 2 rings (SSSR count). The number of aryl methyl sites for hydroxylation is 1. The number of benzene rings is 1. The summed E-state index contributed by atoms with van der Waals surface area (Å²) in [6, 6.07) is 14.4. The lowest BCUT2D eigenvalue weighted by atomic mass is 10.1. The van der Waals surface area contributed by atoms with Crippen molar-refractivity contribution in [2.45, 2.75) is 13.0 Å². The number of nitrogens with two attached hydrogens (primary N) is 1. The Kier molecular flexibility index (Phi) is 2.66. The molecule has 14 heavy (non-hydrogen) atoms. The van der Waals surface area contributed by atoms with Crippen LogP contribution in [0.5, 0.6) is 0 Å². The minimum absolute atomic E-state index is 0.0231. The highest BCUT2D eigenvalue weighted by Crippen LogP contribution is 2.25. The van der Waals surface area contributed by atoms with Gasteiger partial charge in [-0.25, -0.2) is 0 Å². The van der Waals surface area contributed by atoms with Gasteiger partial charge in [0, 0.05) is 9.75 Å². The van der Waals surface area contributed by atoms with Gasteiger partial charge in [0.2, 0.25) is 0 Å². The van der Waals surface area contributed by atoms with Crippen LogP contribution in [-0.2, 0) is 0 Å². The van der Waals surface area contributed by atoms with Gasteiger partial charge in [0.1, 0.15) is 0 Å². The predicted molar refractivity (Wildman–Crippen MR) is 61.5 cm³/mol. The van der Waals surface area contributed by atoms with Crippen LogP contribution in [0, 0.1) is 6.92 Å². The number of hydrogen-bond acceptors (Lipinski definition) is 2. The minimum Gasteiger partial charge on any atom is -0.320 e. The van der Waals surface area contributed by atoms with Crippen molar-refractivity contribution in [3.05, 3.63) is 57.8 Å². The van der Waals surface area contributed by atoms with E-state index in [1.165, 1.54) is 15.3 Å². The fraction of sp³-hybridized carbons (Fsp3) is 0.167. The first-order valence-corrected chi connectivity index (χ1v) is 5.46. The first-order chi connectivity index (χ1) is 6.77. The largest absolute Gasteiger partial charge is 0.320 e. The van der Waals surface area contributed by atoms with Crippen LogP contribution in [-0.4, -0.2) is 0 Å². The SMILES string of the molecule is Cc1ccc(C(N)c2ccccc2)s1. The summed E-state index contributed by atoms with van der Waals surface area (Å²) in [6.45, 7) is 2.10. The molecule has 0 fully saturated rings. The van der Waals surface area contributed by atoms with Gasteiger partial charge in [-0.3, -0.25) is 0 Å². The quantitative estimate of drug-likeness (QED) is 0.797. The monoisotopic (exact) mass is 203 g/mol. The first kappa shape index (κ1) is 9.44. The van der Waals surface area contributed by atoms with E-state index >= 15 is 0 Å². The highest BCUT2D eigenvalue weighted by atomic mass is 32.1. The topological polar surface area (TPSA) is 26.0 Å². The molecule has 1 heterocycles. The van der Waals surface area contributed by atoms with Crippen molar-refractivity contribution in [1.29, 1.82) is 0 Å². The maximum atomic E-state index is 6.14. The van der Waals surface area contributed by atoms with Gasteiger partial charge in [0.05, 0.1) is 6.04 Å². The Bertz CT molecular complexity index is 405. The second-order valence-corrected chi connectivity index (χ2v) is 4.66. The average Bonchev–Trinajstić information content (AvgIpc) is 2.65. The Hall–Kier alpha value is -1.12. The molecule has 0 aliphatic heterocycles. The van der Waals surface area contributed by atoms with Crippen LogP contribution in [0.4, 0.5) is 0 Å². The van der Waals surface area contributed by atoms with Crippen molar-refractivity contribution < 1.29 is 0 Å². The molecule has 2 N–H and O–H groups in total. The molecule has 1 aromatic carbocycles. The van der Waals surface area contributed by atoms with Crippen molar-refractivity contribution in [3.8, 4) is 0 Å². The fourth-order valence-corrected chi connectivity index (χ4v) is 2.35. The van der Waals surface area contributed by atoms with Gasteiger partial charge < -0.3 is 5.73 Å². The van der Waals surface area contributed by atoms with Gasteiger partial charge in [0.15, 0.2) is 0 Å². The molecule has 0 radical (unpaired) electrons. The molecule has 72 valence electrons. The summed E-state index contributed by atoms with van der Waals surface area (Å²) in [4.78, 5) is 2.54. The smallest absolute Gasteiger partial charge is 0.0646 e. The van der Waals surface area contributed by atoms with Gasteiger partial charge in [-0.1, -0.05) is 30.3 Å².